The summed E-state index contributed by atoms with van der Waals surface area (Å²) < 4.78 is 5.01. The Balaban J connectivity index is 1.51. The van der Waals surface area contributed by atoms with Gasteiger partial charge in [0.1, 0.15) is 5.69 Å². The zero-order valence-electron chi connectivity index (χ0n) is 15.7. The summed E-state index contributed by atoms with van der Waals surface area (Å²) in [5, 5.41) is 0. The van der Waals surface area contributed by atoms with Crippen LogP contribution in [-0.4, -0.2) is 50.0 Å². The van der Waals surface area contributed by atoms with Gasteiger partial charge in [0, 0.05) is 49.2 Å². The summed E-state index contributed by atoms with van der Waals surface area (Å²) in [5.74, 6) is 0.724. The van der Waals surface area contributed by atoms with Crippen molar-refractivity contribution in [1.82, 2.24) is 29.8 Å². The molecule has 8 heteroatoms. The summed E-state index contributed by atoms with van der Waals surface area (Å²) in [6.45, 7) is 2.60. The lowest BCUT2D eigenvalue weighted by molar-refractivity contribution is 0.198. The Morgan fingerprint density at radius 2 is 2.11 bits per heavy atom. The second-order valence-corrected chi connectivity index (χ2v) is 6.89. The zero-order chi connectivity index (χ0) is 19.3. The van der Waals surface area contributed by atoms with Crippen molar-refractivity contribution in [3.05, 3.63) is 64.5 Å². The van der Waals surface area contributed by atoms with E-state index in [1.54, 1.807) is 31.8 Å². The monoisotopic (exact) mass is 378 g/mol. The maximum Gasteiger partial charge on any atom is 0.316 e. The highest BCUT2D eigenvalue weighted by Crippen LogP contribution is 2.26. The van der Waals surface area contributed by atoms with Gasteiger partial charge in [0.15, 0.2) is 5.82 Å². The van der Waals surface area contributed by atoms with E-state index in [2.05, 4.69) is 24.8 Å². The molecule has 0 aromatic carbocycles. The van der Waals surface area contributed by atoms with Crippen molar-refractivity contribution in [3.8, 4) is 17.5 Å². The molecule has 1 unspecified atom stereocenters. The van der Waals surface area contributed by atoms with E-state index in [4.69, 9.17) is 9.72 Å². The van der Waals surface area contributed by atoms with E-state index in [-0.39, 0.29) is 11.5 Å². The molecule has 0 radical (unpaired) electrons. The van der Waals surface area contributed by atoms with E-state index in [1.165, 1.54) is 0 Å². The molecule has 3 aromatic rings. The Morgan fingerprint density at radius 3 is 2.86 bits per heavy atom. The molecular weight excluding hydrogens is 356 g/mol. The maximum absolute atomic E-state index is 12.2. The number of hydrogen-bond acceptors (Lipinski definition) is 7. The first-order chi connectivity index (χ1) is 13.7. The number of likely N-dealkylation sites (tertiary alicyclic amines) is 1. The maximum atomic E-state index is 12.2. The number of piperidine rings is 1. The van der Waals surface area contributed by atoms with Gasteiger partial charge in [-0.05, 0) is 31.5 Å². The van der Waals surface area contributed by atoms with Crippen molar-refractivity contribution >= 4 is 0 Å². The minimum absolute atomic E-state index is 0.147. The molecule has 0 bridgehead atoms. The van der Waals surface area contributed by atoms with Gasteiger partial charge in [-0.3, -0.25) is 14.7 Å². The van der Waals surface area contributed by atoms with Gasteiger partial charge in [0.05, 0.1) is 12.8 Å². The predicted molar refractivity (Wildman–Crippen MR) is 104 cm³/mol. The largest absolute Gasteiger partial charge is 0.467 e. The van der Waals surface area contributed by atoms with Crippen LogP contribution >= 0.6 is 0 Å². The first-order valence-electron chi connectivity index (χ1n) is 9.31. The normalized spacial score (nSPS) is 17.4. The molecule has 3 aromatic heterocycles. The third-order valence-corrected chi connectivity index (χ3v) is 4.86. The van der Waals surface area contributed by atoms with Gasteiger partial charge in [-0.1, -0.05) is 6.07 Å². The summed E-state index contributed by atoms with van der Waals surface area (Å²) >= 11 is 0. The number of rotatable bonds is 5. The summed E-state index contributed by atoms with van der Waals surface area (Å²) in [7, 11) is 1.55. The lowest BCUT2D eigenvalue weighted by Gasteiger charge is -2.32. The van der Waals surface area contributed by atoms with Crippen LogP contribution in [0.2, 0.25) is 0 Å². The van der Waals surface area contributed by atoms with Crippen molar-refractivity contribution < 1.29 is 4.74 Å². The molecule has 4 rings (SSSR count). The highest BCUT2D eigenvalue weighted by Gasteiger charge is 2.23. The number of nitrogens with zero attached hydrogens (tertiary/aromatic N) is 5. The second-order valence-electron chi connectivity index (χ2n) is 6.89. The van der Waals surface area contributed by atoms with Crippen molar-refractivity contribution in [3.63, 3.8) is 0 Å². The van der Waals surface area contributed by atoms with Gasteiger partial charge in [0.2, 0.25) is 0 Å². The van der Waals surface area contributed by atoms with Gasteiger partial charge < -0.3 is 9.72 Å². The SMILES string of the molecule is COc1ncc(CN2CCCC(c3cc(=O)[nH]c(-c4ccccn4)n3)C2)cn1. The average Bonchev–Trinajstić information content (AvgIpc) is 2.75. The van der Waals surface area contributed by atoms with Gasteiger partial charge in [-0.2, -0.15) is 0 Å². The van der Waals surface area contributed by atoms with Crippen LogP contribution in [-0.2, 0) is 6.54 Å². The summed E-state index contributed by atoms with van der Waals surface area (Å²) in [4.78, 5) is 34.7. The van der Waals surface area contributed by atoms with Crippen LogP contribution in [0, 0.1) is 0 Å². The van der Waals surface area contributed by atoms with Crippen LogP contribution in [0.25, 0.3) is 11.5 Å². The Bertz CT molecular complexity index is 974. The fourth-order valence-electron chi connectivity index (χ4n) is 3.54. The van der Waals surface area contributed by atoms with Gasteiger partial charge in [-0.25, -0.2) is 15.0 Å². The Hall–Kier alpha value is -3.13. The van der Waals surface area contributed by atoms with Gasteiger partial charge in [-0.15, -0.1) is 0 Å². The molecule has 144 valence electrons. The Morgan fingerprint density at radius 1 is 1.25 bits per heavy atom. The minimum Gasteiger partial charge on any atom is -0.467 e. The first-order valence-corrected chi connectivity index (χ1v) is 9.31. The van der Waals surface area contributed by atoms with Crippen molar-refractivity contribution in [2.45, 2.75) is 25.3 Å². The van der Waals surface area contributed by atoms with E-state index in [0.717, 1.165) is 43.7 Å². The molecule has 0 amide bonds. The van der Waals surface area contributed by atoms with Crippen LogP contribution < -0.4 is 10.3 Å². The van der Waals surface area contributed by atoms with Crippen LogP contribution in [0.4, 0.5) is 0 Å². The standard InChI is InChI=1S/C20H22N6O2/c1-28-20-22-10-14(11-23-20)12-26-8-4-5-15(13-26)17-9-18(27)25-19(24-17)16-6-2-3-7-21-16/h2-3,6-7,9-11,15H,4-5,8,12-13H2,1H3,(H,24,25,27). The molecule has 0 saturated carbocycles. The van der Waals surface area contributed by atoms with E-state index >= 15 is 0 Å². The van der Waals surface area contributed by atoms with Crippen molar-refractivity contribution in [1.29, 1.82) is 0 Å². The third-order valence-electron chi connectivity index (χ3n) is 4.86. The lowest BCUT2D eigenvalue weighted by Crippen LogP contribution is -2.34. The molecule has 8 nitrogen and oxygen atoms in total. The van der Waals surface area contributed by atoms with Crippen molar-refractivity contribution in [2.24, 2.45) is 0 Å². The summed E-state index contributed by atoms with van der Waals surface area (Å²) in [5.41, 5.74) is 2.38. The second kappa shape index (κ2) is 8.26. The van der Waals surface area contributed by atoms with Crippen molar-refractivity contribution in [2.75, 3.05) is 20.2 Å². The number of aromatic nitrogens is 5. The van der Waals surface area contributed by atoms with E-state index in [1.807, 2.05) is 18.2 Å². The van der Waals surface area contributed by atoms with E-state index < -0.39 is 0 Å². The number of H-pyrrole nitrogens is 1. The number of methoxy groups -OCH3 is 1. The molecule has 1 atom stereocenters. The van der Waals surface area contributed by atoms with Crippen LogP contribution in [0.15, 0.2) is 47.7 Å². The highest BCUT2D eigenvalue weighted by molar-refractivity contribution is 5.48. The fourth-order valence-corrected chi connectivity index (χ4v) is 3.54. The molecule has 1 N–H and O–H groups in total. The fraction of sp³-hybridized carbons (Fsp3) is 0.350. The molecule has 4 heterocycles. The number of hydrogen-bond donors (Lipinski definition) is 1. The van der Waals surface area contributed by atoms with E-state index in [0.29, 0.717) is 17.5 Å². The zero-order valence-corrected chi connectivity index (χ0v) is 15.7. The Labute approximate surface area is 162 Å². The number of nitrogens with one attached hydrogen (secondary N) is 1. The predicted octanol–water partition coefficient (Wildman–Crippen LogP) is 2.01. The Kier molecular flexibility index (Phi) is 5.38. The quantitative estimate of drug-likeness (QED) is 0.725. The highest BCUT2D eigenvalue weighted by atomic mass is 16.5. The molecule has 28 heavy (non-hydrogen) atoms. The molecule has 1 aliphatic heterocycles. The number of pyridine rings is 1. The minimum atomic E-state index is -0.147. The number of aromatic amines is 1. The van der Waals surface area contributed by atoms with E-state index in [9.17, 15) is 4.79 Å². The summed E-state index contributed by atoms with van der Waals surface area (Å²) in [6, 6.07) is 7.55. The lowest BCUT2D eigenvalue weighted by atomic mass is 9.94. The summed E-state index contributed by atoms with van der Waals surface area (Å²) in [6.07, 6.45) is 7.34. The molecule has 0 spiro atoms. The molecule has 0 aliphatic carbocycles. The average molecular weight is 378 g/mol. The van der Waals surface area contributed by atoms with Gasteiger partial charge >= 0.3 is 6.01 Å². The smallest absolute Gasteiger partial charge is 0.316 e. The van der Waals surface area contributed by atoms with Crippen LogP contribution in [0.1, 0.15) is 30.0 Å². The molecule has 1 fully saturated rings. The molecule has 1 saturated heterocycles. The van der Waals surface area contributed by atoms with Crippen LogP contribution in [0.5, 0.6) is 6.01 Å². The van der Waals surface area contributed by atoms with Crippen LogP contribution in [0.3, 0.4) is 0 Å². The third kappa shape index (κ3) is 4.23. The first kappa shape index (κ1) is 18.2. The molecule has 1 aliphatic rings. The number of ether oxygens (including phenoxy) is 1. The topological polar surface area (TPSA) is 96.9 Å². The van der Waals surface area contributed by atoms with Gasteiger partial charge in [0.25, 0.3) is 5.56 Å². The molecular formula is C20H22N6O2.